The molecule has 0 unspecified atom stereocenters. The van der Waals surface area contributed by atoms with Crippen LogP contribution in [0.4, 0.5) is 10.1 Å². The van der Waals surface area contributed by atoms with E-state index < -0.39 is 95.1 Å². The number of hydrazine groups is 1. The number of aliphatic hydroxyl groups excluding tert-OH is 2. The molecule has 0 spiro atoms. The van der Waals surface area contributed by atoms with Gasteiger partial charge in [-0.2, -0.15) is 0 Å². The number of carbonyl (C=O) groups excluding carboxylic acids is 1. The highest BCUT2D eigenvalue weighted by Crippen LogP contribution is 2.44. The Morgan fingerprint density at radius 3 is 2.20 bits per heavy atom. The first-order valence-corrected chi connectivity index (χ1v) is 22.1. The van der Waals surface area contributed by atoms with E-state index in [4.69, 9.17) is 28.4 Å². The molecule has 0 radical (unpaired) electrons. The van der Waals surface area contributed by atoms with Crippen molar-refractivity contribution < 1.29 is 58.0 Å². The number of methoxy groups -OCH3 is 1. The van der Waals surface area contributed by atoms with Crippen LogP contribution < -0.4 is 16.2 Å². The molecule has 3 aliphatic heterocycles. The molecule has 352 valence electrons. The maximum absolute atomic E-state index is 14.5. The predicted molar refractivity (Wildman–Crippen MR) is 230 cm³/mol. The molecule has 0 bridgehead atoms. The molecular formula is C45H79FN4O11. The fraction of sp³-hybridized carbons (Fsp3) is 0.844. The number of cyclic esters (lactones) is 1. The van der Waals surface area contributed by atoms with Gasteiger partial charge in [-0.3, -0.25) is 4.79 Å². The summed E-state index contributed by atoms with van der Waals surface area (Å²) in [5, 5.41) is 50.8. The summed E-state index contributed by atoms with van der Waals surface area (Å²) in [5.74, 6) is -2.98. The van der Waals surface area contributed by atoms with E-state index in [1.807, 2.05) is 39.8 Å². The van der Waals surface area contributed by atoms with Crippen molar-refractivity contribution in [3.8, 4) is 0 Å². The van der Waals surface area contributed by atoms with Crippen LogP contribution in [-0.2, 0) is 33.2 Å². The monoisotopic (exact) mass is 871 g/mol. The van der Waals surface area contributed by atoms with Crippen LogP contribution in [0, 0.1) is 29.0 Å². The van der Waals surface area contributed by atoms with E-state index in [1.165, 1.54) is 26.2 Å². The fourth-order valence-corrected chi connectivity index (χ4v) is 9.90. The smallest absolute Gasteiger partial charge is 0.311 e. The third-order valence-electron chi connectivity index (χ3n) is 13.9. The van der Waals surface area contributed by atoms with E-state index in [2.05, 4.69) is 36.9 Å². The number of nitrogens with zero attached hydrogens (tertiary/aromatic N) is 1. The number of benzene rings is 1. The van der Waals surface area contributed by atoms with Crippen LogP contribution in [0.15, 0.2) is 24.3 Å². The molecule has 3 heterocycles. The fourth-order valence-electron chi connectivity index (χ4n) is 9.90. The van der Waals surface area contributed by atoms with Gasteiger partial charge >= 0.3 is 5.97 Å². The van der Waals surface area contributed by atoms with Gasteiger partial charge in [0, 0.05) is 50.3 Å². The molecule has 1 aromatic rings. The number of likely N-dealkylation sites (N-methyl/N-ethyl adjacent to an activating group) is 1. The summed E-state index contributed by atoms with van der Waals surface area (Å²) in [5.41, 5.74) is 1.36. The molecule has 17 atom stereocenters. The number of nitrogens with one attached hydrogen (secondary N) is 3. The number of hydrogen-bond donors (Lipinski definition) is 7. The number of esters is 1. The second kappa shape index (κ2) is 20.8. The Labute approximate surface area is 363 Å². The maximum atomic E-state index is 14.5. The van der Waals surface area contributed by atoms with E-state index in [1.54, 1.807) is 39.8 Å². The molecule has 3 aliphatic rings. The van der Waals surface area contributed by atoms with Gasteiger partial charge in [0.25, 0.3) is 0 Å². The van der Waals surface area contributed by atoms with Crippen LogP contribution in [-0.4, -0.2) is 150 Å². The Bertz CT molecular complexity index is 1540. The summed E-state index contributed by atoms with van der Waals surface area (Å²) in [7, 11) is 5.34. The zero-order valence-corrected chi connectivity index (χ0v) is 39.1. The molecule has 1 aromatic carbocycles. The van der Waals surface area contributed by atoms with E-state index >= 15 is 0 Å². The van der Waals surface area contributed by atoms with Gasteiger partial charge in [-0.05, 0) is 110 Å². The van der Waals surface area contributed by atoms with Crippen molar-refractivity contribution in [2.45, 2.75) is 186 Å². The Hall–Kier alpha value is -2.06. The second-order valence-corrected chi connectivity index (χ2v) is 19.6. The lowest BCUT2D eigenvalue weighted by molar-refractivity contribution is -0.334. The highest BCUT2D eigenvalue weighted by atomic mass is 19.1. The number of carbonyl (C=O) groups is 1. The lowest BCUT2D eigenvalue weighted by Gasteiger charge is -2.53. The van der Waals surface area contributed by atoms with Gasteiger partial charge in [-0.1, -0.05) is 34.6 Å². The van der Waals surface area contributed by atoms with E-state index in [0.717, 1.165) is 0 Å². The highest BCUT2D eigenvalue weighted by Gasteiger charge is 2.58. The predicted octanol–water partition coefficient (Wildman–Crippen LogP) is 3.96. The zero-order chi connectivity index (χ0) is 45.8. The van der Waals surface area contributed by atoms with Crippen LogP contribution in [0.5, 0.6) is 0 Å². The zero-order valence-electron chi connectivity index (χ0n) is 39.1. The Balaban J connectivity index is 1.75. The lowest BCUT2D eigenvalue weighted by Crippen LogP contribution is -2.70. The third kappa shape index (κ3) is 11.8. The Morgan fingerprint density at radius 1 is 0.967 bits per heavy atom. The summed E-state index contributed by atoms with van der Waals surface area (Å²) in [6.45, 7) is 20.8. The first-order valence-electron chi connectivity index (χ1n) is 22.1. The average molecular weight is 871 g/mol. The highest BCUT2D eigenvalue weighted by molar-refractivity contribution is 5.73. The summed E-state index contributed by atoms with van der Waals surface area (Å²) in [6.07, 6.45) is -6.50. The van der Waals surface area contributed by atoms with Crippen molar-refractivity contribution in [3.05, 3.63) is 30.1 Å². The summed E-state index contributed by atoms with van der Waals surface area (Å²) in [4.78, 5) is 16.4. The third-order valence-corrected chi connectivity index (χ3v) is 13.9. The number of anilines is 1. The van der Waals surface area contributed by atoms with Crippen molar-refractivity contribution in [3.63, 3.8) is 0 Å². The molecule has 15 nitrogen and oxygen atoms in total. The van der Waals surface area contributed by atoms with Gasteiger partial charge in [0.2, 0.25) is 0 Å². The topological polar surface area (TPSA) is 193 Å². The molecule has 3 saturated heterocycles. The number of aliphatic hydroxyl groups is 4. The van der Waals surface area contributed by atoms with Crippen molar-refractivity contribution in [1.29, 1.82) is 0 Å². The van der Waals surface area contributed by atoms with Crippen LogP contribution >= 0.6 is 0 Å². The Morgan fingerprint density at radius 2 is 1.61 bits per heavy atom. The number of halogens is 1. The standard InChI is InChI=1S/C45H79FN4O11/c1-15-34-44(11,54)38(52)25(2)23-47-26(3)21-42(8,9)39(61-41-36(51)33(50(12)13)20-27(4)57-41)28(5)37(29(6)40(53)59-34)60-35-22-43(10,56-14)45(55,30(7)58-35)24-48-49-32-18-16-31(46)17-19-32/h16-19,25-30,33-39,41,47-49,51-52,54-55H,15,20-24H2,1-14H3/t25-,26+,27+,28-,29+,30-,33-,34+,35+,36+,37+,38+,39+,41-,43-,44+,45+/m0/s1. The van der Waals surface area contributed by atoms with Crippen LogP contribution in [0.1, 0.15) is 102 Å². The second-order valence-electron chi connectivity index (χ2n) is 19.6. The number of ether oxygens (including phenoxy) is 6. The minimum atomic E-state index is -1.78. The lowest BCUT2D eigenvalue weighted by atomic mass is 9.72. The van der Waals surface area contributed by atoms with Gasteiger partial charge in [-0.25, -0.2) is 9.82 Å². The van der Waals surface area contributed by atoms with Crippen molar-refractivity contribution >= 4 is 11.7 Å². The van der Waals surface area contributed by atoms with Crippen molar-refractivity contribution in [2.75, 3.05) is 39.7 Å². The Kier molecular flexibility index (Phi) is 17.6. The minimum Gasteiger partial charge on any atom is -0.459 e. The quantitative estimate of drug-likeness (QED) is 0.125. The van der Waals surface area contributed by atoms with E-state index in [0.29, 0.717) is 25.1 Å². The molecule has 3 fully saturated rings. The number of rotatable bonds is 11. The molecule has 7 N–H and O–H groups in total. The van der Waals surface area contributed by atoms with Gasteiger partial charge in [-0.15, -0.1) is 0 Å². The average Bonchev–Trinajstić information content (AvgIpc) is 3.19. The molecule has 61 heavy (non-hydrogen) atoms. The van der Waals surface area contributed by atoms with Crippen molar-refractivity contribution in [2.24, 2.45) is 23.2 Å². The van der Waals surface area contributed by atoms with Crippen LogP contribution in [0.25, 0.3) is 0 Å². The summed E-state index contributed by atoms with van der Waals surface area (Å²) in [6, 6.07) is 5.46. The maximum Gasteiger partial charge on any atom is 0.311 e. The number of hydrogen-bond acceptors (Lipinski definition) is 15. The van der Waals surface area contributed by atoms with Crippen LogP contribution in [0.2, 0.25) is 0 Å². The molecule has 0 aromatic heterocycles. The molecule has 16 heteroatoms. The normalized spacial score (nSPS) is 43.2. The molecule has 4 rings (SSSR count). The first-order chi connectivity index (χ1) is 28.3. The van der Waals surface area contributed by atoms with Gasteiger partial charge in [0.05, 0.1) is 36.4 Å². The molecule has 0 amide bonds. The minimum absolute atomic E-state index is 0.0274. The van der Waals surface area contributed by atoms with Gasteiger partial charge in [0.15, 0.2) is 12.6 Å². The van der Waals surface area contributed by atoms with E-state index in [-0.39, 0.29) is 43.4 Å². The van der Waals surface area contributed by atoms with Gasteiger partial charge < -0.3 is 64.5 Å². The first kappa shape index (κ1) is 51.6. The van der Waals surface area contributed by atoms with Crippen molar-refractivity contribution in [1.82, 2.24) is 15.6 Å². The molecule has 0 aliphatic carbocycles. The van der Waals surface area contributed by atoms with Gasteiger partial charge in [0.1, 0.15) is 34.8 Å². The molecule has 0 saturated carbocycles. The summed E-state index contributed by atoms with van der Waals surface area (Å²) >= 11 is 0. The molecular weight excluding hydrogens is 792 g/mol. The summed E-state index contributed by atoms with van der Waals surface area (Å²) < 4.78 is 52.5. The largest absolute Gasteiger partial charge is 0.459 e. The van der Waals surface area contributed by atoms with E-state index in [9.17, 15) is 29.6 Å². The SMILES string of the molecule is CC[C@H]1OC(=O)[C@H](C)[C@H](O[C@@H]2C[C@](C)(OC)[C@@](O)(CNNc3ccc(F)cc3)[C@H](C)O2)[C@H](C)[C@@H](O[C@@H]2O[C@H](C)C[C@H](N(C)C)[C@H]2O)C(C)(C)C[C@@H](C)NC[C@H](C)[C@@H](O)[C@]1(C)O. The van der Waals surface area contributed by atoms with Crippen LogP contribution in [0.3, 0.4) is 0 Å².